The van der Waals surface area contributed by atoms with E-state index >= 15 is 0 Å². The van der Waals surface area contributed by atoms with Gasteiger partial charge < -0.3 is 10.0 Å². The van der Waals surface area contributed by atoms with Crippen molar-refractivity contribution in [3.8, 4) is 0 Å². The number of hydrogen-bond donors (Lipinski definition) is 1. The first-order valence-corrected chi connectivity index (χ1v) is 8.12. The summed E-state index contributed by atoms with van der Waals surface area (Å²) in [5.74, 6) is -1.57. The first kappa shape index (κ1) is 17.0. The summed E-state index contributed by atoms with van der Waals surface area (Å²) >= 11 is 5.88. The average Bonchev–Trinajstić information content (AvgIpc) is 2.88. The third kappa shape index (κ3) is 3.08. The smallest absolute Gasteiger partial charge is 0.295 e. The molecule has 0 bridgehead atoms. The number of aliphatic hydroxyl groups excluding tert-OH is 1. The summed E-state index contributed by atoms with van der Waals surface area (Å²) in [5.41, 5.74) is 1.25. The lowest BCUT2D eigenvalue weighted by Crippen LogP contribution is -2.29. The molecule has 0 spiro atoms. The largest absolute Gasteiger partial charge is 0.507 e. The molecule has 4 nitrogen and oxygen atoms in total. The molecule has 1 unspecified atom stereocenters. The summed E-state index contributed by atoms with van der Waals surface area (Å²) in [6.45, 7) is 3.86. The second-order valence-corrected chi connectivity index (χ2v) is 6.09. The molecule has 0 radical (unpaired) electrons. The molecule has 1 saturated heterocycles. The predicted molar refractivity (Wildman–Crippen MR) is 97.1 cm³/mol. The zero-order chi connectivity index (χ0) is 18.0. The van der Waals surface area contributed by atoms with Crippen molar-refractivity contribution in [3.63, 3.8) is 0 Å². The van der Waals surface area contributed by atoms with E-state index in [0.29, 0.717) is 10.6 Å². The Hall–Kier alpha value is -2.85. The van der Waals surface area contributed by atoms with E-state index in [0.717, 1.165) is 5.56 Å². The van der Waals surface area contributed by atoms with Gasteiger partial charge in [-0.1, -0.05) is 48.0 Å². The zero-order valence-electron chi connectivity index (χ0n) is 13.4. The van der Waals surface area contributed by atoms with E-state index in [-0.39, 0.29) is 17.9 Å². The molecule has 1 atom stereocenters. The summed E-state index contributed by atoms with van der Waals surface area (Å²) in [4.78, 5) is 26.4. The van der Waals surface area contributed by atoms with E-state index in [9.17, 15) is 14.7 Å². The van der Waals surface area contributed by atoms with Crippen molar-refractivity contribution in [3.05, 3.63) is 89.0 Å². The first-order valence-electron chi connectivity index (χ1n) is 7.74. The Balaban J connectivity index is 2.19. The standard InChI is InChI=1S/C20H16ClNO3/c1-2-12-22-17(13-6-4-3-5-7-13)16(19(24)20(22)25)18(23)14-8-10-15(21)11-9-14/h2-11,17,23H,1,12H2/b18-16+. The number of Topliss-reactive ketones (excluding diaryl/α,β-unsaturated/α-hetero) is 1. The van der Waals surface area contributed by atoms with Gasteiger partial charge in [-0.25, -0.2) is 0 Å². The SMILES string of the molecule is C=CCN1C(=O)C(=O)/C(=C(/O)c2ccc(Cl)cc2)C1c1ccccc1. The highest BCUT2D eigenvalue weighted by molar-refractivity contribution is 6.46. The Kier molecular flexibility index (Phi) is 4.72. The number of amides is 1. The maximum atomic E-state index is 12.6. The minimum absolute atomic E-state index is 0.0698. The Morgan fingerprint density at radius 1 is 1.12 bits per heavy atom. The number of rotatable bonds is 4. The number of nitrogens with zero attached hydrogens (tertiary/aromatic N) is 1. The van der Waals surface area contributed by atoms with E-state index in [4.69, 9.17) is 11.6 Å². The number of halogens is 1. The quantitative estimate of drug-likeness (QED) is 0.392. The molecule has 25 heavy (non-hydrogen) atoms. The first-order chi connectivity index (χ1) is 12.0. The lowest BCUT2D eigenvalue weighted by molar-refractivity contribution is -0.139. The van der Waals surface area contributed by atoms with Crippen molar-refractivity contribution < 1.29 is 14.7 Å². The van der Waals surface area contributed by atoms with E-state index in [1.54, 1.807) is 30.3 Å². The van der Waals surface area contributed by atoms with Crippen LogP contribution in [0.15, 0.2) is 72.8 Å². The van der Waals surface area contributed by atoms with Crippen LogP contribution in [-0.4, -0.2) is 28.2 Å². The van der Waals surface area contributed by atoms with Crippen LogP contribution in [0.1, 0.15) is 17.2 Å². The summed E-state index contributed by atoms with van der Waals surface area (Å²) in [5, 5.41) is 11.2. The Morgan fingerprint density at radius 3 is 2.36 bits per heavy atom. The third-order valence-electron chi connectivity index (χ3n) is 4.10. The minimum atomic E-state index is -0.705. The molecule has 0 aliphatic carbocycles. The maximum Gasteiger partial charge on any atom is 0.295 e. The Labute approximate surface area is 150 Å². The maximum absolute atomic E-state index is 12.6. The summed E-state index contributed by atoms with van der Waals surface area (Å²) in [7, 11) is 0. The zero-order valence-corrected chi connectivity index (χ0v) is 14.1. The van der Waals surface area contributed by atoms with Gasteiger partial charge in [0, 0.05) is 17.1 Å². The summed E-state index contributed by atoms with van der Waals surface area (Å²) in [6, 6.07) is 14.9. The Bertz CT molecular complexity index is 856. The van der Waals surface area contributed by atoms with Gasteiger partial charge in [0.15, 0.2) is 0 Å². The minimum Gasteiger partial charge on any atom is -0.507 e. The van der Waals surface area contributed by atoms with Gasteiger partial charge in [0.1, 0.15) is 5.76 Å². The molecular formula is C20H16ClNO3. The number of carbonyl (C=O) groups is 2. The average molecular weight is 354 g/mol. The van der Waals surface area contributed by atoms with Gasteiger partial charge in [0.2, 0.25) is 0 Å². The normalized spacial score (nSPS) is 19.2. The van der Waals surface area contributed by atoms with Gasteiger partial charge in [-0.2, -0.15) is 0 Å². The van der Waals surface area contributed by atoms with Crippen LogP contribution in [0.5, 0.6) is 0 Å². The van der Waals surface area contributed by atoms with Crippen molar-refractivity contribution in [2.24, 2.45) is 0 Å². The fourth-order valence-electron chi connectivity index (χ4n) is 2.95. The molecule has 1 aliphatic rings. The molecule has 0 aromatic heterocycles. The van der Waals surface area contributed by atoms with Crippen LogP contribution in [-0.2, 0) is 9.59 Å². The van der Waals surface area contributed by atoms with Gasteiger partial charge in [0.05, 0.1) is 11.6 Å². The molecule has 1 aliphatic heterocycles. The van der Waals surface area contributed by atoms with Crippen LogP contribution in [0.3, 0.4) is 0 Å². The van der Waals surface area contributed by atoms with Crippen LogP contribution < -0.4 is 0 Å². The van der Waals surface area contributed by atoms with Crippen LogP contribution in [0, 0.1) is 0 Å². The highest BCUT2D eigenvalue weighted by atomic mass is 35.5. The second kappa shape index (κ2) is 6.95. The van der Waals surface area contributed by atoms with Crippen LogP contribution in [0.25, 0.3) is 5.76 Å². The highest BCUT2D eigenvalue weighted by Crippen LogP contribution is 2.39. The van der Waals surface area contributed by atoms with E-state index in [1.807, 2.05) is 30.3 Å². The van der Waals surface area contributed by atoms with E-state index < -0.39 is 17.7 Å². The topological polar surface area (TPSA) is 57.6 Å². The summed E-state index contributed by atoms with van der Waals surface area (Å²) in [6.07, 6.45) is 1.56. The number of benzene rings is 2. The van der Waals surface area contributed by atoms with Gasteiger partial charge in [0.25, 0.3) is 11.7 Å². The number of aliphatic hydroxyl groups is 1. The molecule has 126 valence electrons. The highest BCUT2D eigenvalue weighted by Gasteiger charge is 2.45. The van der Waals surface area contributed by atoms with Gasteiger partial charge in [-0.3, -0.25) is 9.59 Å². The van der Waals surface area contributed by atoms with Crippen molar-refractivity contribution in [1.29, 1.82) is 0 Å². The van der Waals surface area contributed by atoms with Gasteiger partial charge in [-0.05, 0) is 29.8 Å². The van der Waals surface area contributed by atoms with Crippen LogP contribution >= 0.6 is 11.6 Å². The Morgan fingerprint density at radius 2 is 1.76 bits per heavy atom. The molecule has 2 aromatic carbocycles. The number of ketones is 1. The molecule has 1 amide bonds. The lowest BCUT2D eigenvalue weighted by Gasteiger charge is -2.24. The second-order valence-electron chi connectivity index (χ2n) is 5.66. The van der Waals surface area contributed by atoms with Crippen molar-refractivity contribution in [1.82, 2.24) is 4.90 Å². The summed E-state index contributed by atoms with van der Waals surface area (Å²) < 4.78 is 0. The molecule has 3 rings (SSSR count). The third-order valence-corrected chi connectivity index (χ3v) is 4.35. The molecule has 2 aromatic rings. The van der Waals surface area contributed by atoms with Crippen LogP contribution in [0.4, 0.5) is 0 Å². The van der Waals surface area contributed by atoms with E-state index in [1.165, 1.54) is 4.90 Å². The van der Waals surface area contributed by atoms with Gasteiger partial charge >= 0.3 is 0 Å². The molecule has 0 saturated carbocycles. The number of likely N-dealkylation sites (tertiary alicyclic amines) is 1. The van der Waals surface area contributed by atoms with Crippen molar-refractivity contribution in [2.45, 2.75) is 6.04 Å². The monoisotopic (exact) mass is 353 g/mol. The number of hydrogen-bond acceptors (Lipinski definition) is 3. The number of carbonyl (C=O) groups excluding carboxylic acids is 2. The lowest BCUT2D eigenvalue weighted by atomic mass is 9.95. The predicted octanol–water partition coefficient (Wildman–Crippen LogP) is 3.95. The van der Waals surface area contributed by atoms with Crippen LogP contribution in [0.2, 0.25) is 5.02 Å². The molecule has 1 fully saturated rings. The van der Waals surface area contributed by atoms with E-state index in [2.05, 4.69) is 6.58 Å². The van der Waals surface area contributed by atoms with Crippen molar-refractivity contribution >= 4 is 29.1 Å². The van der Waals surface area contributed by atoms with Crippen molar-refractivity contribution in [2.75, 3.05) is 6.54 Å². The molecular weight excluding hydrogens is 338 g/mol. The fourth-order valence-corrected chi connectivity index (χ4v) is 3.08. The fraction of sp³-hybridized carbons (Fsp3) is 0.100. The molecule has 5 heteroatoms. The van der Waals surface area contributed by atoms with Gasteiger partial charge in [-0.15, -0.1) is 6.58 Å². The molecule has 1 N–H and O–H groups in total. The molecule has 1 heterocycles.